The Bertz CT molecular complexity index is 1090. The van der Waals surface area contributed by atoms with E-state index in [0.717, 1.165) is 16.7 Å². The summed E-state index contributed by atoms with van der Waals surface area (Å²) >= 11 is 0. The summed E-state index contributed by atoms with van der Waals surface area (Å²) < 4.78 is 33.1. The fraction of sp³-hybridized carbons (Fsp3) is 0.333. The van der Waals surface area contributed by atoms with Crippen LogP contribution in [-0.4, -0.2) is 49.0 Å². The summed E-state index contributed by atoms with van der Waals surface area (Å²) in [5, 5.41) is 4.06. The van der Waals surface area contributed by atoms with Gasteiger partial charge >= 0.3 is 0 Å². The molecule has 1 aliphatic rings. The number of nitrogens with one attached hydrogen (secondary N) is 1. The molecule has 3 aromatic rings. The SMILES string of the molecule is Cc1ccc(C)c(S(=O)(=O)N2CC[NH+](Cc3nc(-c4ccccc4)no3)CC2)c1. The Morgan fingerprint density at radius 1 is 1.07 bits per heavy atom. The number of nitrogens with zero attached hydrogens (tertiary/aromatic N) is 3. The Morgan fingerprint density at radius 3 is 2.52 bits per heavy atom. The first kappa shape index (κ1) is 19.8. The molecule has 2 aromatic carbocycles. The number of piperazine rings is 1. The molecule has 1 fully saturated rings. The van der Waals surface area contributed by atoms with E-state index in [1.54, 1.807) is 10.4 Å². The molecule has 0 unspecified atom stereocenters. The Labute approximate surface area is 171 Å². The van der Waals surface area contributed by atoms with Crippen molar-refractivity contribution in [3.05, 3.63) is 65.5 Å². The van der Waals surface area contributed by atoms with E-state index in [4.69, 9.17) is 4.52 Å². The lowest BCUT2D eigenvalue weighted by Gasteiger charge is -2.31. The van der Waals surface area contributed by atoms with E-state index < -0.39 is 10.0 Å². The molecule has 0 amide bonds. The number of aromatic nitrogens is 2. The van der Waals surface area contributed by atoms with E-state index in [2.05, 4.69) is 10.1 Å². The second-order valence-electron chi connectivity index (χ2n) is 7.48. The number of sulfonamides is 1. The van der Waals surface area contributed by atoms with Crippen LogP contribution in [0.25, 0.3) is 11.4 Å². The van der Waals surface area contributed by atoms with Crippen LogP contribution in [0.15, 0.2) is 57.9 Å². The molecule has 0 saturated carbocycles. The van der Waals surface area contributed by atoms with Gasteiger partial charge in [-0.05, 0) is 31.0 Å². The highest BCUT2D eigenvalue weighted by molar-refractivity contribution is 7.89. The molecule has 152 valence electrons. The molecule has 8 heteroatoms. The number of hydrogen-bond donors (Lipinski definition) is 1. The maximum absolute atomic E-state index is 13.1. The maximum Gasteiger partial charge on any atom is 0.282 e. The van der Waals surface area contributed by atoms with Gasteiger partial charge in [-0.1, -0.05) is 47.6 Å². The van der Waals surface area contributed by atoms with Gasteiger partial charge in [0.05, 0.1) is 31.1 Å². The van der Waals surface area contributed by atoms with Gasteiger partial charge in [0.25, 0.3) is 5.89 Å². The van der Waals surface area contributed by atoms with Crippen molar-refractivity contribution >= 4 is 10.0 Å². The highest BCUT2D eigenvalue weighted by Crippen LogP contribution is 2.21. The van der Waals surface area contributed by atoms with Crippen LogP contribution in [0.1, 0.15) is 17.0 Å². The van der Waals surface area contributed by atoms with Crippen molar-refractivity contribution in [1.29, 1.82) is 0 Å². The zero-order valence-corrected chi connectivity index (χ0v) is 17.4. The van der Waals surface area contributed by atoms with Crippen molar-refractivity contribution in [3.63, 3.8) is 0 Å². The molecule has 1 aliphatic heterocycles. The molecule has 1 aromatic heterocycles. The van der Waals surface area contributed by atoms with Crippen molar-refractivity contribution in [2.75, 3.05) is 26.2 Å². The average Bonchev–Trinajstić information content (AvgIpc) is 3.19. The molecule has 0 bridgehead atoms. The van der Waals surface area contributed by atoms with Gasteiger partial charge in [0.2, 0.25) is 15.8 Å². The van der Waals surface area contributed by atoms with E-state index in [0.29, 0.717) is 49.3 Å². The van der Waals surface area contributed by atoms with Gasteiger partial charge in [-0.25, -0.2) is 8.42 Å². The topological polar surface area (TPSA) is 80.7 Å². The first-order chi connectivity index (χ1) is 13.9. The average molecular weight is 414 g/mol. The first-order valence-electron chi connectivity index (χ1n) is 9.72. The van der Waals surface area contributed by atoms with Crippen LogP contribution < -0.4 is 4.90 Å². The van der Waals surface area contributed by atoms with Crippen molar-refractivity contribution in [2.24, 2.45) is 0 Å². The molecule has 7 nitrogen and oxygen atoms in total. The van der Waals surface area contributed by atoms with Crippen molar-refractivity contribution < 1.29 is 17.8 Å². The van der Waals surface area contributed by atoms with Crippen molar-refractivity contribution in [1.82, 2.24) is 14.4 Å². The van der Waals surface area contributed by atoms with Gasteiger partial charge in [0, 0.05) is 5.56 Å². The summed E-state index contributed by atoms with van der Waals surface area (Å²) in [4.78, 5) is 6.13. The summed E-state index contributed by atoms with van der Waals surface area (Å²) in [6.07, 6.45) is 0. The van der Waals surface area contributed by atoms with E-state index in [-0.39, 0.29) is 0 Å². The lowest BCUT2D eigenvalue weighted by Crippen LogP contribution is -3.13. The summed E-state index contributed by atoms with van der Waals surface area (Å²) in [6, 6.07) is 15.3. The number of hydrogen-bond acceptors (Lipinski definition) is 5. The molecular weight excluding hydrogens is 388 g/mol. The molecule has 2 heterocycles. The van der Waals surface area contributed by atoms with Crippen molar-refractivity contribution in [3.8, 4) is 11.4 Å². The lowest BCUT2D eigenvalue weighted by atomic mass is 10.2. The van der Waals surface area contributed by atoms with Gasteiger partial charge < -0.3 is 9.42 Å². The fourth-order valence-corrected chi connectivity index (χ4v) is 5.34. The smallest absolute Gasteiger partial charge is 0.282 e. The maximum atomic E-state index is 13.1. The number of quaternary nitrogens is 1. The number of benzene rings is 2. The van der Waals surface area contributed by atoms with Gasteiger partial charge in [-0.3, -0.25) is 0 Å². The van der Waals surface area contributed by atoms with Crippen LogP contribution in [0.2, 0.25) is 0 Å². The van der Waals surface area contributed by atoms with Gasteiger partial charge in [0.1, 0.15) is 0 Å². The Morgan fingerprint density at radius 2 is 1.79 bits per heavy atom. The highest BCUT2D eigenvalue weighted by atomic mass is 32.2. The second kappa shape index (κ2) is 8.06. The van der Waals surface area contributed by atoms with Crippen LogP contribution in [-0.2, 0) is 16.6 Å². The predicted molar refractivity (Wildman–Crippen MR) is 109 cm³/mol. The highest BCUT2D eigenvalue weighted by Gasteiger charge is 2.32. The fourth-order valence-electron chi connectivity index (χ4n) is 3.59. The quantitative estimate of drug-likeness (QED) is 0.685. The minimum absolute atomic E-state index is 0.408. The molecule has 1 saturated heterocycles. The number of rotatable bonds is 5. The molecule has 0 radical (unpaired) electrons. The zero-order valence-electron chi connectivity index (χ0n) is 16.6. The van der Waals surface area contributed by atoms with Crippen LogP contribution >= 0.6 is 0 Å². The standard InChI is InChI=1S/C21H24N4O3S/c1-16-8-9-17(2)19(14-16)29(26,27)25-12-10-24(11-13-25)15-20-22-21(23-28-20)18-6-4-3-5-7-18/h3-9,14H,10-13,15H2,1-2H3/p+1. The third kappa shape index (κ3) is 4.24. The Kier molecular flexibility index (Phi) is 5.49. The Hall–Kier alpha value is -2.55. The van der Waals surface area contributed by atoms with Crippen LogP contribution in [0, 0.1) is 13.8 Å². The van der Waals surface area contributed by atoms with E-state index in [9.17, 15) is 8.42 Å². The van der Waals surface area contributed by atoms with Crippen LogP contribution in [0.5, 0.6) is 0 Å². The van der Waals surface area contributed by atoms with Gasteiger partial charge in [-0.2, -0.15) is 9.29 Å². The molecule has 0 aliphatic carbocycles. The largest absolute Gasteiger partial charge is 0.333 e. The lowest BCUT2D eigenvalue weighted by molar-refractivity contribution is -0.918. The number of aryl methyl sites for hydroxylation is 2. The van der Waals surface area contributed by atoms with E-state index in [1.165, 1.54) is 4.90 Å². The molecular formula is C21H25N4O3S+. The normalized spacial score (nSPS) is 16.2. The van der Waals surface area contributed by atoms with Gasteiger partial charge in [-0.15, -0.1) is 0 Å². The molecule has 1 N–H and O–H groups in total. The van der Waals surface area contributed by atoms with Crippen molar-refractivity contribution in [2.45, 2.75) is 25.3 Å². The predicted octanol–water partition coefficient (Wildman–Crippen LogP) is 1.44. The van der Waals surface area contributed by atoms with E-state index >= 15 is 0 Å². The third-order valence-corrected chi connectivity index (χ3v) is 7.33. The molecule has 0 spiro atoms. The summed E-state index contributed by atoms with van der Waals surface area (Å²) in [5.41, 5.74) is 2.65. The van der Waals surface area contributed by atoms with Gasteiger partial charge in [0.15, 0.2) is 6.54 Å². The van der Waals surface area contributed by atoms with E-state index in [1.807, 2.05) is 56.3 Å². The summed E-state index contributed by atoms with van der Waals surface area (Å²) in [6.45, 7) is 6.70. The minimum Gasteiger partial charge on any atom is -0.333 e. The molecule has 29 heavy (non-hydrogen) atoms. The molecule has 4 rings (SSSR count). The zero-order chi connectivity index (χ0) is 20.4. The minimum atomic E-state index is -3.47. The van der Waals surface area contributed by atoms with Crippen LogP contribution in [0.4, 0.5) is 0 Å². The van der Waals surface area contributed by atoms with Crippen LogP contribution in [0.3, 0.4) is 0 Å². The third-order valence-electron chi connectivity index (χ3n) is 5.29. The summed E-state index contributed by atoms with van der Waals surface area (Å²) in [7, 11) is -3.47. The summed E-state index contributed by atoms with van der Waals surface area (Å²) in [5.74, 6) is 1.15. The first-order valence-corrected chi connectivity index (χ1v) is 11.2. The Balaban J connectivity index is 1.40. The molecule has 0 atom stereocenters. The monoisotopic (exact) mass is 413 g/mol. The second-order valence-corrected chi connectivity index (χ2v) is 9.38.